The summed E-state index contributed by atoms with van der Waals surface area (Å²) in [6, 6.07) is 1.23. The Hall–Kier alpha value is -1.49. The van der Waals surface area contributed by atoms with Crippen LogP contribution in [0.1, 0.15) is 25.8 Å². The Labute approximate surface area is 105 Å². The van der Waals surface area contributed by atoms with E-state index in [-0.39, 0.29) is 11.3 Å². The zero-order valence-corrected chi connectivity index (χ0v) is 10.7. The van der Waals surface area contributed by atoms with Crippen LogP contribution in [0, 0.1) is 5.82 Å². The third-order valence-electron chi connectivity index (χ3n) is 2.76. The number of ether oxygens (including phenoxy) is 3. The molecular weight excluding hydrogens is 239 g/mol. The molecule has 0 unspecified atom stereocenters. The summed E-state index contributed by atoms with van der Waals surface area (Å²) in [4.78, 5) is 0. The molecule has 1 aromatic rings. The van der Waals surface area contributed by atoms with Crippen LogP contribution in [-0.2, 0) is 5.60 Å². The summed E-state index contributed by atoms with van der Waals surface area (Å²) < 4.78 is 30.0. The molecule has 0 aliphatic carbocycles. The SMILES string of the molecule is COc1c(F)cc2c(c1C(C)(C)O)OCCCO2. The number of rotatable bonds is 2. The van der Waals surface area contributed by atoms with E-state index in [1.165, 1.54) is 13.2 Å². The lowest BCUT2D eigenvalue weighted by atomic mass is 9.95. The van der Waals surface area contributed by atoms with E-state index in [2.05, 4.69) is 0 Å². The van der Waals surface area contributed by atoms with Crippen molar-refractivity contribution in [3.05, 3.63) is 17.4 Å². The van der Waals surface area contributed by atoms with E-state index in [0.29, 0.717) is 31.1 Å². The van der Waals surface area contributed by atoms with Crippen molar-refractivity contribution in [1.29, 1.82) is 0 Å². The van der Waals surface area contributed by atoms with Gasteiger partial charge in [-0.2, -0.15) is 0 Å². The fourth-order valence-corrected chi connectivity index (χ4v) is 2.01. The molecule has 0 fully saturated rings. The lowest BCUT2D eigenvalue weighted by Crippen LogP contribution is -2.19. The van der Waals surface area contributed by atoms with Gasteiger partial charge in [-0.15, -0.1) is 0 Å². The minimum atomic E-state index is -1.29. The van der Waals surface area contributed by atoms with Gasteiger partial charge >= 0.3 is 0 Å². The lowest BCUT2D eigenvalue weighted by molar-refractivity contribution is 0.0708. The van der Waals surface area contributed by atoms with Crippen LogP contribution in [0.5, 0.6) is 17.2 Å². The Morgan fingerprint density at radius 2 is 2.00 bits per heavy atom. The summed E-state index contributed by atoms with van der Waals surface area (Å²) in [6.45, 7) is 4.03. The summed E-state index contributed by atoms with van der Waals surface area (Å²) in [7, 11) is 1.36. The molecule has 0 spiro atoms. The molecule has 18 heavy (non-hydrogen) atoms. The van der Waals surface area contributed by atoms with Crippen molar-refractivity contribution in [1.82, 2.24) is 0 Å². The molecule has 4 nitrogen and oxygen atoms in total. The van der Waals surface area contributed by atoms with Gasteiger partial charge in [-0.05, 0) is 13.8 Å². The molecule has 1 aromatic carbocycles. The highest BCUT2D eigenvalue weighted by Crippen LogP contribution is 2.46. The van der Waals surface area contributed by atoms with Crippen LogP contribution in [0.4, 0.5) is 4.39 Å². The molecule has 0 saturated heterocycles. The summed E-state index contributed by atoms with van der Waals surface area (Å²) in [6.07, 6.45) is 0.712. The Balaban J connectivity index is 2.69. The molecule has 2 rings (SSSR count). The van der Waals surface area contributed by atoms with E-state index in [9.17, 15) is 9.50 Å². The topological polar surface area (TPSA) is 47.9 Å². The smallest absolute Gasteiger partial charge is 0.171 e. The number of benzene rings is 1. The van der Waals surface area contributed by atoms with Crippen LogP contribution in [-0.4, -0.2) is 25.4 Å². The van der Waals surface area contributed by atoms with Crippen molar-refractivity contribution in [2.45, 2.75) is 25.9 Å². The van der Waals surface area contributed by atoms with Gasteiger partial charge in [0.25, 0.3) is 0 Å². The highest BCUT2D eigenvalue weighted by atomic mass is 19.1. The minimum absolute atomic E-state index is 0.00764. The molecule has 1 aliphatic heterocycles. The number of methoxy groups -OCH3 is 1. The van der Waals surface area contributed by atoms with Crippen molar-refractivity contribution < 1.29 is 23.7 Å². The number of halogens is 1. The summed E-state index contributed by atoms with van der Waals surface area (Å²) >= 11 is 0. The largest absolute Gasteiger partial charge is 0.493 e. The first-order chi connectivity index (χ1) is 8.45. The monoisotopic (exact) mass is 256 g/mol. The van der Waals surface area contributed by atoms with Crippen molar-refractivity contribution in [2.24, 2.45) is 0 Å². The molecule has 1 aliphatic rings. The third kappa shape index (κ3) is 2.22. The second-order valence-electron chi connectivity index (χ2n) is 4.70. The Morgan fingerprint density at radius 1 is 1.33 bits per heavy atom. The van der Waals surface area contributed by atoms with Gasteiger partial charge in [0.1, 0.15) is 0 Å². The predicted octanol–water partition coefficient (Wildman–Crippen LogP) is 2.22. The number of hydrogen-bond acceptors (Lipinski definition) is 4. The fraction of sp³-hybridized carbons (Fsp3) is 0.538. The normalized spacial score (nSPS) is 15.2. The molecule has 5 heteroatoms. The second-order valence-corrected chi connectivity index (χ2v) is 4.70. The van der Waals surface area contributed by atoms with Crippen LogP contribution in [0.2, 0.25) is 0 Å². The van der Waals surface area contributed by atoms with Gasteiger partial charge in [-0.1, -0.05) is 0 Å². The van der Waals surface area contributed by atoms with Crippen LogP contribution < -0.4 is 14.2 Å². The Kier molecular flexibility index (Phi) is 3.34. The van der Waals surface area contributed by atoms with Gasteiger partial charge < -0.3 is 19.3 Å². The zero-order chi connectivity index (χ0) is 13.3. The maximum absolute atomic E-state index is 13.9. The van der Waals surface area contributed by atoms with E-state index in [4.69, 9.17) is 14.2 Å². The van der Waals surface area contributed by atoms with Crippen LogP contribution in [0.15, 0.2) is 6.07 Å². The molecule has 0 aromatic heterocycles. The molecule has 0 bridgehead atoms. The average molecular weight is 256 g/mol. The van der Waals surface area contributed by atoms with E-state index in [1.54, 1.807) is 13.8 Å². The van der Waals surface area contributed by atoms with Gasteiger partial charge in [0.05, 0.1) is 31.5 Å². The molecule has 100 valence electrons. The van der Waals surface area contributed by atoms with E-state index >= 15 is 0 Å². The molecule has 1 heterocycles. The third-order valence-corrected chi connectivity index (χ3v) is 2.76. The lowest BCUT2D eigenvalue weighted by Gasteiger charge is -2.25. The first-order valence-electron chi connectivity index (χ1n) is 5.84. The van der Waals surface area contributed by atoms with E-state index in [0.717, 1.165) is 0 Å². The number of hydrogen-bond donors (Lipinski definition) is 1. The van der Waals surface area contributed by atoms with Gasteiger partial charge in [0.15, 0.2) is 23.1 Å². The van der Waals surface area contributed by atoms with E-state index < -0.39 is 11.4 Å². The number of aliphatic hydroxyl groups is 1. The molecule has 0 radical (unpaired) electrons. The highest BCUT2D eigenvalue weighted by molar-refractivity contribution is 5.57. The predicted molar refractivity (Wildman–Crippen MR) is 63.8 cm³/mol. The first-order valence-corrected chi connectivity index (χ1v) is 5.84. The fourth-order valence-electron chi connectivity index (χ4n) is 2.01. The van der Waals surface area contributed by atoms with Crippen LogP contribution in [0.3, 0.4) is 0 Å². The Bertz CT molecular complexity index is 451. The molecule has 0 atom stereocenters. The van der Waals surface area contributed by atoms with Crippen molar-refractivity contribution in [3.8, 4) is 17.2 Å². The molecule has 0 amide bonds. The van der Waals surface area contributed by atoms with Crippen molar-refractivity contribution in [2.75, 3.05) is 20.3 Å². The van der Waals surface area contributed by atoms with Gasteiger partial charge in [-0.3, -0.25) is 0 Å². The quantitative estimate of drug-likeness (QED) is 0.881. The standard InChI is InChI=1S/C13H17FO4/c1-13(2,15)10-11(16-3)8(14)7-9-12(10)18-6-4-5-17-9/h7,15H,4-6H2,1-3H3. The maximum Gasteiger partial charge on any atom is 0.171 e. The summed E-state index contributed by atoms with van der Waals surface area (Å²) in [5, 5.41) is 10.2. The van der Waals surface area contributed by atoms with Crippen molar-refractivity contribution >= 4 is 0 Å². The first kappa shape index (κ1) is 13.0. The molecule has 1 N–H and O–H groups in total. The minimum Gasteiger partial charge on any atom is -0.493 e. The van der Waals surface area contributed by atoms with Crippen LogP contribution >= 0.6 is 0 Å². The van der Waals surface area contributed by atoms with E-state index in [1.807, 2.05) is 0 Å². The summed E-state index contributed by atoms with van der Waals surface area (Å²) in [5.41, 5.74) is -1.01. The maximum atomic E-state index is 13.9. The van der Waals surface area contributed by atoms with Gasteiger partial charge in [-0.25, -0.2) is 4.39 Å². The molecular formula is C13H17FO4. The van der Waals surface area contributed by atoms with Crippen LogP contribution in [0.25, 0.3) is 0 Å². The highest BCUT2D eigenvalue weighted by Gasteiger charge is 2.32. The number of fused-ring (bicyclic) bond motifs is 1. The average Bonchev–Trinajstić information content (AvgIpc) is 2.50. The second kappa shape index (κ2) is 4.65. The Morgan fingerprint density at radius 3 is 2.61 bits per heavy atom. The summed E-state index contributed by atoms with van der Waals surface area (Å²) in [5.74, 6) is 0.0896. The van der Waals surface area contributed by atoms with Crippen molar-refractivity contribution in [3.63, 3.8) is 0 Å². The van der Waals surface area contributed by atoms with Gasteiger partial charge in [0.2, 0.25) is 0 Å². The van der Waals surface area contributed by atoms with Gasteiger partial charge in [0, 0.05) is 12.5 Å². The zero-order valence-electron chi connectivity index (χ0n) is 10.7. The molecule has 0 saturated carbocycles.